The van der Waals surface area contributed by atoms with E-state index in [0.29, 0.717) is 23.6 Å². The summed E-state index contributed by atoms with van der Waals surface area (Å²) in [4.78, 5) is 24.6. The van der Waals surface area contributed by atoms with Crippen LogP contribution in [0.25, 0.3) is 55.7 Å². The largest absolute Gasteiger partial charge is 0.337 e. The van der Waals surface area contributed by atoms with Gasteiger partial charge in [-0.3, -0.25) is 14.9 Å². The minimum absolute atomic E-state index is 0.0310. The highest BCUT2D eigenvalue weighted by Crippen LogP contribution is 2.33. The topological polar surface area (TPSA) is 99.3 Å². The minimum atomic E-state index is -0.292. The highest BCUT2D eigenvalue weighted by molar-refractivity contribution is 5.98. The van der Waals surface area contributed by atoms with Gasteiger partial charge in [0.25, 0.3) is 0 Å². The molecule has 0 radical (unpaired) electrons. The fraction of sp³-hybridized carbons (Fsp3) is 0.103. The Morgan fingerprint density at radius 2 is 1.84 bits per heavy atom. The number of nitrogens with zero attached hydrogens (tertiary/aromatic N) is 3. The molecular weight excluding hydrogens is 467 g/mol. The number of aromatic amines is 2. The molecule has 3 heterocycles. The van der Waals surface area contributed by atoms with Crippen LogP contribution in [0.2, 0.25) is 0 Å². The van der Waals surface area contributed by atoms with Crippen LogP contribution in [0.1, 0.15) is 19.8 Å². The van der Waals surface area contributed by atoms with Crippen LogP contribution in [0.4, 0.5) is 10.1 Å². The van der Waals surface area contributed by atoms with Crippen molar-refractivity contribution < 1.29 is 9.18 Å². The van der Waals surface area contributed by atoms with Crippen LogP contribution in [-0.4, -0.2) is 31.1 Å². The third-order valence-corrected chi connectivity index (χ3v) is 6.27. The summed E-state index contributed by atoms with van der Waals surface area (Å²) in [5.41, 5.74) is 7.20. The fourth-order valence-corrected chi connectivity index (χ4v) is 4.52. The number of pyridine rings is 1. The average Bonchev–Trinajstić information content (AvgIpc) is 3.52. The fourth-order valence-electron chi connectivity index (χ4n) is 4.52. The SMILES string of the molecule is CCCC(=O)Nc1cncc(-c2ccc3[nH]nc(-c4nc5c(-c6cccc(F)c6)cccc5[nH]4)c3c2)c1. The second-order valence-electron chi connectivity index (χ2n) is 8.89. The lowest BCUT2D eigenvalue weighted by Gasteiger charge is -2.07. The number of H-pyrrole nitrogens is 2. The first-order chi connectivity index (χ1) is 18.1. The van der Waals surface area contributed by atoms with E-state index < -0.39 is 0 Å². The van der Waals surface area contributed by atoms with Crippen LogP contribution < -0.4 is 5.32 Å². The molecule has 37 heavy (non-hydrogen) atoms. The molecule has 7 nitrogen and oxygen atoms in total. The van der Waals surface area contributed by atoms with Crippen molar-refractivity contribution in [3.63, 3.8) is 0 Å². The monoisotopic (exact) mass is 490 g/mol. The average molecular weight is 491 g/mol. The molecule has 0 fully saturated rings. The number of anilines is 1. The van der Waals surface area contributed by atoms with Gasteiger partial charge in [-0.05, 0) is 53.9 Å². The number of fused-ring (bicyclic) bond motifs is 2. The summed E-state index contributed by atoms with van der Waals surface area (Å²) < 4.78 is 13.9. The molecule has 0 aliphatic heterocycles. The molecule has 0 bridgehead atoms. The first-order valence-electron chi connectivity index (χ1n) is 12.1. The van der Waals surface area contributed by atoms with Gasteiger partial charge in [-0.2, -0.15) is 5.10 Å². The number of benzene rings is 3. The zero-order chi connectivity index (χ0) is 25.4. The summed E-state index contributed by atoms with van der Waals surface area (Å²) in [6, 6.07) is 20.2. The molecule has 1 amide bonds. The molecule has 6 rings (SSSR count). The van der Waals surface area contributed by atoms with Gasteiger partial charge in [0.2, 0.25) is 5.91 Å². The van der Waals surface area contributed by atoms with Crippen molar-refractivity contribution >= 4 is 33.5 Å². The lowest BCUT2D eigenvalue weighted by Crippen LogP contribution is -2.10. The maximum Gasteiger partial charge on any atom is 0.224 e. The van der Waals surface area contributed by atoms with Gasteiger partial charge in [0.05, 0.1) is 28.4 Å². The Balaban J connectivity index is 1.40. The van der Waals surface area contributed by atoms with Crippen LogP contribution in [0.3, 0.4) is 0 Å². The van der Waals surface area contributed by atoms with E-state index in [0.717, 1.165) is 50.6 Å². The van der Waals surface area contributed by atoms with E-state index in [9.17, 15) is 9.18 Å². The van der Waals surface area contributed by atoms with E-state index in [-0.39, 0.29) is 11.7 Å². The van der Waals surface area contributed by atoms with Crippen molar-refractivity contribution in [1.29, 1.82) is 0 Å². The maximum absolute atomic E-state index is 13.9. The molecule has 0 atom stereocenters. The summed E-state index contributed by atoms with van der Waals surface area (Å²) in [5.74, 6) is 0.289. The van der Waals surface area contributed by atoms with E-state index in [1.807, 2.05) is 55.5 Å². The van der Waals surface area contributed by atoms with Gasteiger partial charge >= 0.3 is 0 Å². The van der Waals surface area contributed by atoms with Gasteiger partial charge in [0, 0.05) is 29.1 Å². The quantitative estimate of drug-likeness (QED) is 0.241. The molecular formula is C29H23FN6O. The van der Waals surface area contributed by atoms with Crippen molar-refractivity contribution in [3.8, 4) is 33.8 Å². The number of halogens is 1. The zero-order valence-corrected chi connectivity index (χ0v) is 20.0. The molecule has 182 valence electrons. The van der Waals surface area contributed by atoms with E-state index in [2.05, 4.69) is 25.5 Å². The first kappa shape index (κ1) is 22.6. The third kappa shape index (κ3) is 4.33. The number of aromatic nitrogens is 5. The van der Waals surface area contributed by atoms with E-state index in [1.165, 1.54) is 12.1 Å². The maximum atomic E-state index is 13.9. The standard InChI is InChI=1S/C29H23FN6O/c1-2-5-26(37)32-21-13-19(15-31-16-21)17-10-11-24-23(14-17)28(36-35-24)29-33-25-9-4-8-22(27(25)34-29)18-6-3-7-20(30)12-18/h3-4,6-16H,2,5H2,1H3,(H,32,37)(H,33,34)(H,35,36). The zero-order valence-electron chi connectivity index (χ0n) is 20.0. The van der Waals surface area contributed by atoms with Gasteiger partial charge in [-0.25, -0.2) is 9.37 Å². The molecule has 3 N–H and O–H groups in total. The van der Waals surface area contributed by atoms with E-state index in [1.54, 1.807) is 18.5 Å². The molecule has 0 unspecified atom stereocenters. The Labute approximate surface area is 211 Å². The van der Waals surface area contributed by atoms with Crippen molar-refractivity contribution in [2.45, 2.75) is 19.8 Å². The van der Waals surface area contributed by atoms with E-state index >= 15 is 0 Å². The molecule has 6 aromatic rings. The Hall–Kier alpha value is -4.85. The summed E-state index contributed by atoms with van der Waals surface area (Å²) in [5, 5.41) is 11.4. The Bertz CT molecular complexity index is 1770. The second kappa shape index (κ2) is 9.31. The number of para-hydroxylation sites is 1. The van der Waals surface area contributed by atoms with Gasteiger partial charge < -0.3 is 10.3 Å². The van der Waals surface area contributed by atoms with Crippen LogP contribution >= 0.6 is 0 Å². The number of hydrogen-bond acceptors (Lipinski definition) is 4. The third-order valence-electron chi connectivity index (χ3n) is 6.27. The Kier molecular flexibility index (Phi) is 5.69. The molecule has 8 heteroatoms. The predicted octanol–water partition coefficient (Wildman–Crippen LogP) is 6.71. The highest BCUT2D eigenvalue weighted by atomic mass is 19.1. The molecule has 0 saturated heterocycles. The normalized spacial score (nSPS) is 11.3. The lowest BCUT2D eigenvalue weighted by molar-refractivity contribution is -0.116. The molecule has 0 saturated carbocycles. The first-order valence-corrected chi connectivity index (χ1v) is 12.1. The number of nitrogens with one attached hydrogen (secondary N) is 3. The number of rotatable bonds is 6. The summed E-state index contributed by atoms with van der Waals surface area (Å²) in [6.07, 6.45) is 4.66. The number of imidazole rings is 1. The van der Waals surface area contributed by atoms with Gasteiger partial charge in [-0.15, -0.1) is 0 Å². The number of carbonyl (C=O) groups excluding carboxylic acids is 1. The lowest BCUT2D eigenvalue weighted by atomic mass is 10.0. The molecule has 0 aliphatic rings. The van der Waals surface area contributed by atoms with E-state index in [4.69, 9.17) is 4.98 Å². The smallest absolute Gasteiger partial charge is 0.224 e. The van der Waals surface area contributed by atoms with Crippen LogP contribution in [0, 0.1) is 5.82 Å². The van der Waals surface area contributed by atoms with Gasteiger partial charge in [0.15, 0.2) is 5.82 Å². The van der Waals surface area contributed by atoms with Crippen molar-refractivity contribution in [2.75, 3.05) is 5.32 Å². The van der Waals surface area contributed by atoms with Crippen molar-refractivity contribution in [2.24, 2.45) is 0 Å². The molecule has 3 aromatic heterocycles. The molecule has 0 spiro atoms. The van der Waals surface area contributed by atoms with Crippen molar-refractivity contribution in [3.05, 3.63) is 84.9 Å². The van der Waals surface area contributed by atoms with Crippen LogP contribution in [-0.2, 0) is 4.79 Å². The van der Waals surface area contributed by atoms with Crippen LogP contribution in [0.5, 0.6) is 0 Å². The number of hydrogen-bond donors (Lipinski definition) is 3. The highest BCUT2D eigenvalue weighted by Gasteiger charge is 2.16. The Morgan fingerprint density at radius 3 is 2.70 bits per heavy atom. The van der Waals surface area contributed by atoms with Crippen LogP contribution in [0.15, 0.2) is 79.1 Å². The summed E-state index contributed by atoms with van der Waals surface area (Å²) >= 11 is 0. The second-order valence-corrected chi connectivity index (χ2v) is 8.89. The Morgan fingerprint density at radius 1 is 0.946 bits per heavy atom. The molecule has 0 aliphatic carbocycles. The molecule has 3 aromatic carbocycles. The predicted molar refractivity (Wildman–Crippen MR) is 143 cm³/mol. The van der Waals surface area contributed by atoms with Crippen molar-refractivity contribution in [1.82, 2.24) is 25.1 Å². The number of amides is 1. The van der Waals surface area contributed by atoms with Gasteiger partial charge in [0.1, 0.15) is 11.5 Å². The van der Waals surface area contributed by atoms with Gasteiger partial charge in [-0.1, -0.05) is 37.3 Å². The minimum Gasteiger partial charge on any atom is -0.337 e. The number of carbonyl (C=O) groups is 1. The summed E-state index contributed by atoms with van der Waals surface area (Å²) in [7, 11) is 0. The summed E-state index contributed by atoms with van der Waals surface area (Å²) in [6.45, 7) is 1.97.